The Bertz CT molecular complexity index is 830. The van der Waals surface area contributed by atoms with Crippen molar-refractivity contribution in [3.8, 4) is 5.75 Å². The van der Waals surface area contributed by atoms with Crippen LogP contribution >= 0.6 is 23.1 Å². The Morgan fingerprint density at radius 2 is 2.26 bits per heavy atom. The predicted octanol–water partition coefficient (Wildman–Crippen LogP) is 1.15. The highest BCUT2D eigenvalue weighted by atomic mass is 32.2. The number of carbonyl (C=O) groups is 1. The number of hydrazine groups is 1. The third-order valence-corrected chi connectivity index (χ3v) is 6.73. The summed E-state index contributed by atoms with van der Waals surface area (Å²) in [5, 5.41) is 0.890. The molecule has 2 aliphatic heterocycles. The Morgan fingerprint density at radius 3 is 3.09 bits per heavy atom. The van der Waals surface area contributed by atoms with Crippen LogP contribution < -0.4 is 20.9 Å². The van der Waals surface area contributed by atoms with Gasteiger partial charge in [0.1, 0.15) is 12.3 Å². The lowest BCUT2D eigenvalue weighted by molar-refractivity contribution is -0.121. The molecule has 3 heterocycles. The predicted molar refractivity (Wildman–Crippen MR) is 88.9 cm³/mol. The minimum atomic E-state index is -0.372. The number of benzene rings is 1. The molecule has 1 aromatic carbocycles. The van der Waals surface area contributed by atoms with Gasteiger partial charge in [-0.2, -0.15) is 0 Å². The van der Waals surface area contributed by atoms with Gasteiger partial charge >= 0.3 is 4.87 Å². The molecule has 2 atom stereocenters. The zero-order valence-electron chi connectivity index (χ0n) is 12.2. The number of carbonyl (C=O) groups excluding carboxylic acids is 1. The van der Waals surface area contributed by atoms with Crippen molar-refractivity contribution in [1.29, 1.82) is 0 Å². The zero-order valence-corrected chi connectivity index (χ0v) is 13.8. The second-order valence-corrected chi connectivity index (χ2v) is 7.59. The first-order chi connectivity index (χ1) is 11.2. The molecule has 2 aliphatic rings. The van der Waals surface area contributed by atoms with E-state index < -0.39 is 0 Å². The maximum atomic E-state index is 12.4. The fourth-order valence-electron chi connectivity index (χ4n) is 3.18. The first kappa shape index (κ1) is 14.8. The van der Waals surface area contributed by atoms with Crippen LogP contribution in [0.4, 0.5) is 0 Å². The van der Waals surface area contributed by atoms with Gasteiger partial charge in [-0.3, -0.25) is 19.6 Å². The fraction of sp³-hybridized carbons (Fsp3) is 0.333. The second kappa shape index (κ2) is 5.70. The maximum absolute atomic E-state index is 12.4. The summed E-state index contributed by atoms with van der Waals surface area (Å²) in [6.07, 6.45) is 0. The number of para-hydroxylation sites is 1. The van der Waals surface area contributed by atoms with E-state index in [0.717, 1.165) is 27.0 Å². The molecule has 0 saturated heterocycles. The summed E-state index contributed by atoms with van der Waals surface area (Å²) >= 11 is 2.85. The van der Waals surface area contributed by atoms with Gasteiger partial charge in [-0.25, -0.2) is 5.84 Å². The first-order valence-electron chi connectivity index (χ1n) is 7.26. The average molecular weight is 349 g/mol. The van der Waals surface area contributed by atoms with Crippen LogP contribution in [-0.4, -0.2) is 22.8 Å². The third kappa shape index (κ3) is 2.37. The largest absolute Gasteiger partial charge is 0.493 e. The topological polar surface area (TPSA) is 86.4 Å². The molecule has 23 heavy (non-hydrogen) atoms. The number of nitrogens with zero attached hydrogens (tertiary/aromatic N) is 1. The Kier molecular flexibility index (Phi) is 3.67. The summed E-state index contributed by atoms with van der Waals surface area (Å²) in [6.45, 7) is 0.618. The zero-order chi connectivity index (χ0) is 16.0. The fourth-order valence-corrected chi connectivity index (χ4v) is 5.87. The summed E-state index contributed by atoms with van der Waals surface area (Å²) in [5.74, 6) is 7.04. The van der Waals surface area contributed by atoms with E-state index in [4.69, 9.17) is 10.6 Å². The van der Waals surface area contributed by atoms with Crippen LogP contribution in [0.15, 0.2) is 34.1 Å². The van der Waals surface area contributed by atoms with Crippen LogP contribution in [0, 0.1) is 5.92 Å². The molecule has 0 aliphatic carbocycles. The van der Waals surface area contributed by atoms with Crippen molar-refractivity contribution in [3.05, 3.63) is 44.4 Å². The van der Waals surface area contributed by atoms with E-state index in [1.54, 1.807) is 11.8 Å². The average Bonchev–Trinajstić information content (AvgIpc) is 2.90. The van der Waals surface area contributed by atoms with Crippen molar-refractivity contribution >= 4 is 29.0 Å². The monoisotopic (exact) mass is 349 g/mol. The molecule has 1 aromatic heterocycles. The van der Waals surface area contributed by atoms with Gasteiger partial charge in [-0.05, 0) is 6.07 Å². The summed E-state index contributed by atoms with van der Waals surface area (Å²) in [6, 6.07) is 7.98. The van der Waals surface area contributed by atoms with Crippen molar-refractivity contribution in [1.82, 2.24) is 9.99 Å². The summed E-state index contributed by atoms with van der Waals surface area (Å²) in [5.41, 5.74) is 3.21. The van der Waals surface area contributed by atoms with Crippen LogP contribution in [0.3, 0.4) is 0 Å². The van der Waals surface area contributed by atoms with E-state index >= 15 is 0 Å². The molecule has 0 fully saturated rings. The number of ether oxygens (including phenoxy) is 1. The van der Waals surface area contributed by atoms with E-state index in [-0.39, 0.29) is 23.2 Å². The Morgan fingerprint density at radius 1 is 1.43 bits per heavy atom. The lowest BCUT2D eigenvalue weighted by Gasteiger charge is -2.36. The minimum Gasteiger partial charge on any atom is -0.493 e. The second-order valence-electron chi connectivity index (χ2n) is 5.59. The lowest BCUT2D eigenvalue weighted by atomic mass is 9.84. The molecule has 0 bridgehead atoms. The Hall–Kier alpha value is -1.77. The van der Waals surface area contributed by atoms with Crippen molar-refractivity contribution in [2.24, 2.45) is 11.8 Å². The molecular formula is C15H15N3O3S2. The van der Waals surface area contributed by atoms with Crippen LogP contribution in [0.1, 0.15) is 16.4 Å². The van der Waals surface area contributed by atoms with Crippen LogP contribution in [0.5, 0.6) is 5.75 Å². The number of aromatic nitrogens is 1. The molecule has 8 heteroatoms. The molecule has 2 unspecified atom stereocenters. The SMILES string of the molecule is NNC(=O)Cn1c2c(sc1=O)C1c3ccccc3OCC1CS2. The standard InChI is InChI=1S/C15H15N3O3S2/c16-17-11(19)5-18-14-13(23-15(18)20)12-8(7-22-14)6-21-10-4-2-1-3-9(10)12/h1-4,8,12H,5-7,16H2,(H,17,19). The van der Waals surface area contributed by atoms with Gasteiger partial charge in [0, 0.05) is 28.0 Å². The van der Waals surface area contributed by atoms with Gasteiger partial charge < -0.3 is 4.74 Å². The van der Waals surface area contributed by atoms with E-state index in [9.17, 15) is 9.59 Å². The van der Waals surface area contributed by atoms with Crippen LogP contribution in [0.25, 0.3) is 0 Å². The maximum Gasteiger partial charge on any atom is 0.308 e. The molecule has 0 radical (unpaired) electrons. The number of hydrogen-bond acceptors (Lipinski definition) is 6. The van der Waals surface area contributed by atoms with E-state index in [2.05, 4.69) is 11.5 Å². The smallest absolute Gasteiger partial charge is 0.308 e. The number of thiazole rings is 1. The van der Waals surface area contributed by atoms with Gasteiger partial charge in [-0.15, -0.1) is 11.8 Å². The molecule has 0 saturated carbocycles. The van der Waals surface area contributed by atoms with Gasteiger partial charge in [0.2, 0.25) is 0 Å². The van der Waals surface area contributed by atoms with E-state index in [1.807, 2.05) is 18.2 Å². The van der Waals surface area contributed by atoms with Crippen molar-refractivity contribution < 1.29 is 9.53 Å². The number of hydrogen-bond donors (Lipinski definition) is 2. The third-order valence-electron chi connectivity index (χ3n) is 4.23. The highest BCUT2D eigenvalue weighted by molar-refractivity contribution is 7.99. The highest BCUT2D eigenvalue weighted by Crippen LogP contribution is 2.50. The molecule has 6 nitrogen and oxygen atoms in total. The van der Waals surface area contributed by atoms with E-state index in [1.165, 1.54) is 15.9 Å². The Labute approximate surface area is 140 Å². The summed E-state index contributed by atoms with van der Waals surface area (Å²) in [7, 11) is 0. The van der Waals surface area contributed by atoms with Crippen LogP contribution in [-0.2, 0) is 11.3 Å². The first-order valence-corrected chi connectivity index (χ1v) is 9.06. The number of nitrogens with two attached hydrogens (primary N) is 1. The molecule has 3 N–H and O–H groups in total. The van der Waals surface area contributed by atoms with Crippen molar-refractivity contribution in [3.63, 3.8) is 0 Å². The number of nitrogens with one attached hydrogen (secondary N) is 1. The van der Waals surface area contributed by atoms with Crippen molar-refractivity contribution in [2.75, 3.05) is 12.4 Å². The summed E-state index contributed by atoms with van der Waals surface area (Å²) in [4.78, 5) is 24.9. The normalized spacial score (nSPS) is 21.6. The minimum absolute atomic E-state index is 0.0380. The molecule has 0 spiro atoms. The summed E-state index contributed by atoms with van der Waals surface area (Å²) < 4.78 is 7.38. The highest BCUT2D eigenvalue weighted by Gasteiger charge is 2.39. The number of rotatable bonds is 2. The quantitative estimate of drug-likeness (QED) is 0.482. The van der Waals surface area contributed by atoms with Gasteiger partial charge in [0.25, 0.3) is 5.91 Å². The van der Waals surface area contributed by atoms with E-state index in [0.29, 0.717) is 12.5 Å². The molecule has 1 amide bonds. The van der Waals surface area contributed by atoms with Gasteiger partial charge in [0.05, 0.1) is 11.6 Å². The number of fused-ring (bicyclic) bond motifs is 5. The van der Waals surface area contributed by atoms with Crippen molar-refractivity contribution in [2.45, 2.75) is 17.5 Å². The lowest BCUT2D eigenvalue weighted by Crippen LogP contribution is -2.36. The van der Waals surface area contributed by atoms with Gasteiger partial charge in [-0.1, -0.05) is 29.5 Å². The Balaban J connectivity index is 1.82. The molecular weight excluding hydrogens is 334 g/mol. The van der Waals surface area contributed by atoms with Gasteiger partial charge in [0.15, 0.2) is 0 Å². The number of amides is 1. The molecule has 2 aromatic rings. The molecule has 120 valence electrons. The van der Waals surface area contributed by atoms with Crippen LogP contribution in [0.2, 0.25) is 0 Å². The molecule has 4 rings (SSSR count). The number of thioether (sulfide) groups is 1.